The van der Waals surface area contributed by atoms with Crippen molar-refractivity contribution in [2.24, 2.45) is 5.92 Å². The summed E-state index contributed by atoms with van der Waals surface area (Å²) in [5.41, 5.74) is 2.09. The van der Waals surface area contributed by atoms with E-state index >= 15 is 0 Å². The highest BCUT2D eigenvalue weighted by Gasteiger charge is 2.38. The lowest BCUT2D eigenvalue weighted by molar-refractivity contribution is -0.196. The Balaban J connectivity index is 1.63. The molecule has 1 aliphatic heterocycles. The summed E-state index contributed by atoms with van der Waals surface area (Å²) in [4.78, 5) is 0. The van der Waals surface area contributed by atoms with Gasteiger partial charge >= 0.3 is 0 Å². The first-order chi connectivity index (χ1) is 14.6. The van der Waals surface area contributed by atoms with Crippen molar-refractivity contribution in [3.05, 3.63) is 65.7 Å². The monoisotopic (exact) mass is 416 g/mol. The van der Waals surface area contributed by atoms with Crippen LogP contribution in [0.25, 0.3) is 0 Å². The van der Waals surface area contributed by atoms with Crippen LogP contribution in [0.5, 0.6) is 5.75 Å². The zero-order valence-electron chi connectivity index (χ0n) is 17.6. The summed E-state index contributed by atoms with van der Waals surface area (Å²) in [5.74, 6) is 0.665. The standard InChI is InChI=1S/C24H32O6/c1-17-21(26)12-22(30-23(17)13-25)24(16-28-14-18-6-4-3-5-7-18)29-15-19-8-10-20(27-2)11-9-19/h3-11,17,21-26H,12-16H2,1-2H3/t17-,21+,22-,23+,24+/m1/s1. The molecule has 0 spiro atoms. The predicted molar refractivity (Wildman–Crippen MR) is 113 cm³/mol. The Morgan fingerprint density at radius 3 is 2.40 bits per heavy atom. The van der Waals surface area contributed by atoms with Gasteiger partial charge in [-0.15, -0.1) is 0 Å². The lowest BCUT2D eigenvalue weighted by Gasteiger charge is -2.40. The SMILES string of the molecule is COc1ccc(CO[C@@H](COCc2ccccc2)[C@H]2C[C@H](O)[C@@H](C)[C@H](CO)O2)cc1. The second-order valence-electron chi connectivity index (χ2n) is 7.76. The molecule has 30 heavy (non-hydrogen) atoms. The number of ether oxygens (including phenoxy) is 4. The van der Waals surface area contributed by atoms with Gasteiger partial charge in [-0.2, -0.15) is 0 Å². The van der Waals surface area contributed by atoms with E-state index in [9.17, 15) is 10.2 Å². The second-order valence-corrected chi connectivity index (χ2v) is 7.76. The first kappa shape index (κ1) is 22.7. The fraction of sp³-hybridized carbons (Fsp3) is 0.500. The highest BCUT2D eigenvalue weighted by atomic mass is 16.6. The van der Waals surface area contributed by atoms with E-state index in [1.165, 1.54) is 0 Å². The van der Waals surface area contributed by atoms with Gasteiger partial charge in [0.05, 0.1) is 51.8 Å². The van der Waals surface area contributed by atoms with Crippen molar-refractivity contribution in [3.8, 4) is 5.75 Å². The van der Waals surface area contributed by atoms with Crippen LogP contribution in [0.4, 0.5) is 0 Å². The highest BCUT2D eigenvalue weighted by Crippen LogP contribution is 2.28. The molecule has 0 amide bonds. The topological polar surface area (TPSA) is 77.4 Å². The summed E-state index contributed by atoms with van der Waals surface area (Å²) in [6, 6.07) is 17.6. The molecule has 1 saturated heterocycles. The van der Waals surface area contributed by atoms with Gasteiger partial charge in [-0.05, 0) is 23.3 Å². The smallest absolute Gasteiger partial charge is 0.118 e. The Kier molecular flexibility index (Phi) is 8.66. The van der Waals surface area contributed by atoms with Crippen molar-refractivity contribution in [2.45, 2.75) is 51.0 Å². The fourth-order valence-corrected chi connectivity index (χ4v) is 3.61. The molecule has 164 valence electrons. The summed E-state index contributed by atoms with van der Waals surface area (Å²) in [7, 11) is 1.63. The second kappa shape index (κ2) is 11.4. The summed E-state index contributed by atoms with van der Waals surface area (Å²) >= 11 is 0. The van der Waals surface area contributed by atoms with Crippen LogP contribution >= 0.6 is 0 Å². The molecule has 1 aliphatic rings. The van der Waals surface area contributed by atoms with Crippen molar-refractivity contribution in [1.29, 1.82) is 0 Å². The number of aliphatic hydroxyl groups excluding tert-OH is 2. The van der Waals surface area contributed by atoms with Crippen LogP contribution in [0.3, 0.4) is 0 Å². The average Bonchev–Trinajstić information content (AvgIpc) is 2.79. The largest absolute Gasteiger partial charge is 0.497 e. The third-order valence-electron chi connectivity index (χ3n) is 5.63. The third-order valence-corrected chi connectivity index (χ3v) is 5.63. The quantitative estimate of drug-likeness (QED) is 0.620. The maximum absolute atomic E-state index is 10.4. The molecule has 2 N–H and O–H groups in total. The van der Waals surface area contributed by atoms with E-state index in [4.69, 9.17) is 18.9 Å². The third kappa shape index (κ3) is 6.27. The molecule has 1 heterocycles. The first-order valence-electron chi connectivity index (χ1n) is 10.4. The van der Waals surface area contributed by atoms with Gasteiger partial charge < -0.3 is 29.2 Å². The molecule has 0 unspecified atom stereocenters. The van der Waals surface area contributed by atoms with Crippen LogP contribution in [-0.4, -0.2) is 55.0 Å². The molecular formula is C24H32O6. The van der Waals surface area contributed by atoms with Gasteiger partial charge in [-0.1, -0.05) is 49.4 Å². The molecule has 6 nitrogen and oxygen atoms in total. The zero-order valence-corrected chi connectivity index (χ0v) is 17.6. The van der Waals surface area contributed by atoms with Crippen LogP contribution in [-0.2, 0) is 27.4 Å². The van der Waals surface area contributed by atoms with Crippen molar-refractivity contribution >= 4 is 0 Å². The van der Waals surface area contributed by atoms with Crippen LogP contribution in [0.1, 0.15) is 24.5 Å². The molecule has 0 aromatic heterocycles. The normalized spacial score (nSPS) is 25.1. The minimum Gasteiger partial charge on any atom is -0.497 e. The number of rotatable bonds is 10. The minimum absolute atomic E-state index is 0.126. The number of benzene rings is 2. The first-order valence-corrected chi connectivity index (χ1v) is 10.4. The van der Waals surface area contributed by atoms with Gasteiger partial charge in [0.1, 0.15) is 11.9 Å². The highest BCUT2D eigenvalue weighted by molar-refractivity contribution is 5.26. The maximum Gasteiger partial charge on any atom is 0.118 e. The minimum atomic E-state index is -0.554. The van der Waals surface area contributed by atoms with E-state index in [0.717, 1.165) is 16.9 Å². The Hall–Kier alpha value is -1.96. The zero-order chi connectivity index (χ0) is 21.3. The molecule has 2 aromatic carbocycles. The predicted octanol–water partition coefficient (Wildman–Crippen LogP) is 2.94. The number of aliphatic hydroxyl groups is 2. The van der Waals surface area contributed by atoms with Crippen LogP contribution in [0.15, 0.2) is 54.6 Å². The van der Waals surface area contributed by atoms with Crippen molar-refractivity contribution < 1.29 is 29.2 Å². The van der Waals surface area contributed by atoms with Crippen molar-refractivity contribution in [1.82, 2.24) is 0 Å². The van der Waals surface area contributed by atoms with E-state index < -0.39 is 12.2 Å². The molecule has 2 aromatic rings. The van der Waals surface area contributed by atoms with E-state index in [2.05, 4.69) is 0 Å². The lowest BCUT2D eigenvalue weighted by atomic mass is 9.89. The maximum atomic E-state index is 10.4. The Morgan fingerprint density at radius 2 is 1.73 bits per heavy atom. The summed E-state index contributed by atoms with van der Waals surface area (Å²) in [6.07, 6.45) is -1.25. The average molecular weight is 417 g/mol. The van der Waals surface area contributed by atoms with Crippen LogP contribution < -0.4 is 4.74 Å². The van der Waals surface area contributed by atoms with Crippen molar-refractivity contribution in [2.75, 3.05) is 20.3 Å². The van der Waals surface area contributed by atoms with Gasteiger partial charge in [0.15, 0.2) is 0 Å². The van der Waals surface area contributed by atoms with Crippen LogP contribution in [0, 0.1) is 5.92 Å². The van der Waals surface area contributed by atoms with Crippen molar-refractivity contribution in [3.63, 3.8) is 0 Å². The number of methoxy groups -OCH3 is 1. The van der Waals surface area contributed by atoms with E-state index in [1.807, 2.05) is 61.5 Å². The summed E-state index contributed by atoms with van der Waals surface area (Å²) in [5, 5.41) is 20.1. The molecule has 0 saturated carbocycles. The Bertz CT molecular complexity index is 735. The van der Waals surface area contributed by atoms with E-state index in [1.54, 1.807) is 7.11 Å². The molecule has 0 bridgehead atoms. The van der Waals surface area contributed by atoms with Gasteiger partial charge in [-0.25, -0.2) is 0 Å². The Morgan fingerprint density at radius 1 is 1.03 bits per heavy atom. The molecule has 0 radical (unpaired) electrons. The summed E-state index contributed by atoms with van der Waals surface area (Å²) < 4.78 is 23.4. The lowest BCUT2D eigenvalue weighted by Crippen LogP contribution is -2.50. The number of hydrogen-bond donors (Lipinski definition) is 2. The molecular weight excluding hydrogens is 384 g/mol. The summed E-state index contributed by atoms with van der Waals surface area (Å²) in [6.45, 7) is 2.94. The molecule has 5 atom stereocenters. The van der Waals surface area contributed by atoms with Crippen LogP contribution in [0.2, 0.25) is 0 Å². The number of hydrogen-bond acceptors (Lipinski definition) is 6. The molecule has 1 fully saturated rings. The van der Waals surface area contributed by atoms with E-state index in [-0.39, 0.29) is 24.7 Å². The molecule has 0 aliphatic carbocycles. The molecule has 3 rings (SSSR count). The van der Waals surface area contributed by atoms with E-state index in [0.29, 0.717) is 26.2 Å². The Labute approximate surface area is 178 Å². The van der Waals surface area contributed by atoms with Gasteiger partial charge in [0, 0.05) is 12.3 Å². The molecule has 6 heteroatoms. The van der Waals surface area contributed by atoms with Gasteiger partial charge in [0.2, 0.25) is 0 Å². The van der Waals surface area contributed by atoms with Gasteiger partial charge in [0.25, 0.3) is 0 Å². The van der Waals surface area contributed by atoms with Gasteiger partial charge in [-0.3, -0.25) is 0 Å². The fourth-order valence-electron chi connectivity index (χ4n) is 3.61.